The number of rotatable bonds is 3. The highest BCUT2D eigenvalue weighted by Crippen LogP contribution is 2.34. The molecule has 0 spiro atoms. The number of nitrogens with one attached hydrogen (secondary N) is 1. The molecule has 0 radical (unpaired) electrons. The van der Waals surface area contributed by atoms with E-state index in [1.807, 2.05) is 32.3 Å². The summed E-state index contributed by atoms with van der Waals surface area (Å²) in [5.74, 6) is 0. The molecule has 0 unspecified atom stereocenters. The Kier molecular flexibility index (Phi) is 3.80. The number of anilines is 1. The summed E-state index contributed by atoms with van der Waals surface area (Å²) in [7, 11) is 4.07. The lowest BCUT2D eigenvalue weighted by Crippen LogP contribution is -2.07. The Labute approximate surface area is 132 Å². The number of aromatic nitrogens is 2. The molecule has 106 valence electrons. The van der Waals surface area contributed by atoms with Gasteiger partial charge in [-0.15, -0.1) is 0 Å². The van der Waals surface area contributed by atoms with Gasteiger partial charge in [0.2, 0.25) is 0 Å². The largest absolute Gasteiger partial charge is 0.378 e. The van der Waals surface area contributed by atoms with Crippen molar-refractivity contribution in [1.29, 1.82) is 0 Å². The zero-order chi connectivity index (χ0) is 14.8. The van der Waals surface area contributed by atoms with Crippen LogP contribution in [-0.2, 0) is 0 Å². The molecule has 0 amide bonds. The number of hydrogen-bond acceptors (Lipinski definition) is 2. The third kappa shape index (κ3) is 2.72. The van der Waals surface area contributed by atoms with Crippen molar-refractivity contribution in [3.05, 3.63) is 59.1 Å². The number of aromatic amines is 1. The Balaban J connectivity index is 1.99. The van der Waals surface area contributed by atoms with Crippen LogP contribution in [0, 0.1) is 0 Å². The van der Waals surface area contributed by atoms with Gasteiger partial charge in [0.1, 0.15) is 5.69 Å². The molecule has 0 saturated carbocycles. The lowest BCUT2D eigenvalue weighted by Gasteiger charge is -2.12. The Morgan fingerprint density at radius 2 is 1.57 bits per heavy atom. The van der Waals surface area contributed by atoms with Crippen LogP contribution < -0.4 is 4.90 Å². The predicted molar refractivity (Wildman–Crippen MR) is 91.5 cm³/mol. The van der Waals surface area contributed by atoms with Crippen LogP contribution in [0.3, 0.4) is 0 Å². The molecule has 1 aromatic heterocycles. The third-order valence-electron chi connectivity index (χ3n) is 3.43. The molecule has 0 saturated heterocycles. The van der Waals surface area contributed by atoms with Gasteiger partial charge in [0.15, 0.2) is 0 Å². The average Bonchev–Trinajstić information content (AvgIpc) is 2.90. The molecular weight excluding hydrogens is 326 g/mol. The molecule has 0 bridgehead atoms. The molecule has 1 N–H and O–H groups in total. The zero-order valence-electron chi connectivity index (χ0n) is 12.0. The number of halogens is 1. The molecule has 3 nitrogen and oxygen atoms in total. The number of hydrogen-bond donors (Lipinski definition) is 1. The lowest BCUT2D eigenvalue weighted by atomic mass is 10.1. The summed E-state index contributed by atoms with van der Waals surface area (Å²) in [6.45, 7) is 0. The van der Waals surface area contributed by atoms with Crippen molar-refractivity contribution >= 4 is 21.6 Å². The minimum atomic E-state index is 0.933. The van der Waals surface area contributed by atoms with Crippen LogP contribution >= 0.6 is 15.9 Å². The zero-order valence-corrected chi connectivity index (χ0v) is 13.6. The van der Waals surface area contributed by atoms with Gasteiger partial charge in [-0.05, 0) is 28.1 Å². The van der Waals surface area contributed by atoms with Crippen molar-refractivity contribution in [3.8, 4) is 22.5 Å². The summed E-state index contributed by atoms with van der Waals surface area (Å²) in [4.78, 5) is 2.08. The van der Waals surface area contributed by atoms with Crippen LogP contribution in [0.4, 0.5) is 5.69 Å². The van der Waals surface area contributed by atoms with Gasteiger partial charge < -0.3 is 4.90 Å². The summed E-state index contributed by atoms with van der Waals surface area (Å²) in [5, 5.41) is 7.56. The second-order valence-electron chi connectivity index (χ2n) is 5.07. The second kappa shape index (κ2) is 5.74. The molecule has 0 atom stereocenters. The fourth-order valence-corrected chi connectivity index (χ4v) is 2.87. The monoisotopic (exact) mass is 341 g/mol. The Morgan fingerprint density at radius 3 is 2.19 bits per heavy atom. The molecule has 0 fully saturated rings. The van der Waals surface area contributed by atoms with Crippen LogP contribution in [0.5, 0.6) is 0 Å². The molecule has 21 heavy (non-hydrogen) atoms. The maximum atomic E-state index is 4.44. The fraction of sp³-hybridized carbons (Fsp3) is 0.118. The third-order valence-corrected chi connectivity index (χ3v) is 4.20. The maximum Gasteiger partial charge on any atom is 0.107 e. The number of H-pyrrole nitrogens is 1. The van der Waals surface area contributed by atoms with E-state index < -0.39 is 0 Å². The Hall–Kier alpha value is -2.07. The van der Waals surface area contributed by atoms with Gasteiger partial charge in [-0.1, -0.05) is 42.5 Å². The molecule has 0 aliphatic carbocycles. The van der Waals surface area contributed by atoms with E-state index in [2.05, 4.69) is 67.4 Å². The molecule has 1 heterocycles. The minimum Gasteiger partial charge on any atom is -0.378 e. The first-order chi connectivity index (χ1) is 10.2. The normalized spacial score (nSPS) is 10.6. The van der Waals surface area contributed by atoms with E-state index in [0.717, 1.165) is 27.0 Å². The summed E-state index contributed by atoms with van der Waals surface area (Å²) in [6, 6.07) is 18.6. The summed E-state index contributed by atoms with van der Waals surface area (Å²) in [6.07, 6.45) is 0. The Morgan fingerprint density at radius 1 is 0.905 bits per heavy atom. The van der Waals surface area contributed by atoms with E-state index in [-0.39, 0.29) is 0 Å². The summed E-state index contributed by atoms with van der Waals surface area (Å²) in [5.41, 5.74) is 5.32. The molecule has 2 aromatic carbocycles. The predicted octanol–water partition coefficient (Wildman–Crippen LogP) is 4.57. The molecule has 0 aliphatic heterocycles. The molecule has 4 heteroatoms. The van der Waals surface area contributed by atoms with E-state index in [1.54, 1.807) is 0 Å². The van der Waals surface area contributed by atoms with Crippen LogP contribution in [-0.4, -0.2) is 24.3 Å². The SMILES string of the molecule is CN(C)c1ccc(-c2[nH]nc(-c3ccccc3)c2Br)cc1. The first-order valence-electron chi connectivity index (χ1n) is 6.74. The van der Waals surface area contributed by atoms with Crippen molar-refractivity contribution in [2.45, 2.75) is 0 Å². The van der Waals surface area contributed by atoms with Gasteiger partial charge in [-0.2, -0.15) is 5.10 Å². The number of benzene rings is 2. The van der Waals surface area contributed by atoms with Gasteiger partial charge in [0, 0.05) is 30.9 Å². The Bertz CT molecular complexity index is 730. The van der Waals surface area contributed by atoms with Crippen LogP contribution in [0.25, 0.3) is 22.5 Å². The van der Waals surface area contributed by atoms with Gasteiger partial charge in [0.05, 0.1) is 10.2 Å². The van der Waals surface area contributed by atoms with E-state index in [1.165, 1.54) is 5.69 Å². The standard InChI is InChI=1S/C17H16BrN3/c1-21(2)14-10-8-13(9-11-14)17-15(18)16(19-20-17)12-6-4-3-5-7-12/h3-11H,1-2H3,(H,19,20). The van der Waals surface area contributed by atoms with E-state index in [0.29, 0.717) is 0 Å². The van der Waals surface area contributed by atoms with Crippen LogP contribution in [0.1, 0.15) is 0 Å². The average molecular weight is 342 g/mol. The molecule has 3 aromatic rings. The topological polar surface area (TPSA) is 31.9 Å². The van der Waals surface area contributed by atoms with E-state index in [9.17, 15) is 0 Å². The first kappa shape index (κ1) is 13.9. The van der Waals surface area contributed by atoms with E-state index >= 15 is 0 Å². The van der Waals surface area contributed by atoms with Gasteiger partial charge in [-0.3, -0.25) is 5.10 Å². The van der Waals surface area contributed by atoms with Crippen LogP contribution in [0.15, 0.2) is 59.1 Å². The summed E-state index contributed by atoms with van der Waals surface area (Å²) >= 11 is 3.67. The van der Waals surface area contributed by atoms with Crippen molar-refractivity contribution in [2.24, 2.45) is 0 Å². The van der Waals surface area contributed by atoms with Crippen LogP contribution in [0.2, 0.25) is 0 Å². The van der Waals surface area contributed by atoms with Crippen molar-refractivity contribution in [1.82, 2.24) is 10.2 Å². The first-order valence-corrected chi connectivity index (χ1v) is 7.53. The lowest BCUT2D eigenvalue weighted by molar-refractivity contribution is 1.10. The van der Waals surface area contributed by atoms with E-state index in [4.69, 9.17) is 0 Å². The highest BCUT2D eigenvalue weighted by atomic mass is 79.9. The van der Waals surface area contributed by atoms with Gasteiger partial charge >= 0.3 is 0 Å². The number of nitrogens with zero attached hydrogens (tertiary/aromatic N) is 2. The van der Waals surface area contributed by atoms with Crippen molar-refractivity contribution in [2.75, 3.05) is 19.0 Å². The minimum absolute atomic E-state index is 0.933. The van der Waals surface area contributed by atoms with Crippen molar-refractivity contribution in [3.63, 3.8) is 0 Å². The highest BCUT2D eigenvalue weighted by molar-refractivity contribution is 9.10. The highest BCUT2D eigenvalue weighted by Gasteiger charge is 2.13. The maximum absolute atomic E-state index is 4.44. The van der Waals surface area contributed by atoms with Gasteiger partial charge in [-0.25, -0.2) is 0 Å². The fourth-order valence-electron chi connectivity index (χ4n) is 2.23. The molecule has 0 aliphatic rings. The van der Waals surface area contributed by atoms with Crippen molar-refractivity contribution < 1.29 is 0 Å². The van der Waals surface area contributed by atoms with Gasteiger partial charge in [0.25, 0.3) is 0 Å². The smallest absolute Gasteiger partial charge is 0.107 e. The second-order valence-corrected chi connectivity index (χ2v) is 5.86. The molecule has 3 rings (SSSR count). The molecular formula is C17H16BrN3. The summed E-state index contributed by atoms with van der Waals surface area (Å²) < 4.78 is 0.992. The quantitative estimate of drug-likeness (QED) is 0.756.